The van der Waals surface area contributed by atoms with Crippen LogP contribution in [0, 0.1) is 5.82 Å². The number of ether oxygens (including phenoxy) is 2. The van der Waals surface area contributed by atoms with Gasteiger partial charge in [-0.3, -0.25) is 4.79 Å². The van der Waals surface area contributed by atoms with Crippen molar-refractivity contribution in [2.45, 2.75) is 12.8 Å². The SMILES string of the molecule is COC(=O)CCc1cc(OC)ccc1F. The minimum atomic E-state index is -0.350. The third kappa shape index (κ3) is 3.23. The van der Waals surface area contributed by atoms with Crippen molar-refractivity contribution in [3.05, 3.63) is 29.6 Å². The molecule has 15 heavy (non-hydrogen) atoms. The third-order valence-corrected chi connectivity index (χ3v) is 2.08. The smallest absolute Gasteiger partial charge is 0.305 e. The second-order valence-corrected chi connectivity index (χ2v) is 3.03. The van der Waals surface area contributed by atoms with E-state index in [1.807, 2.05) is 0 Å². The fourth-order valence-corrected chi connectivity index (χ4v) is 1.21. The predicted molar refractivity (Wildman–Crippen MR) is 53.3 cm³/mol. The maximum Gasteiger partial charge on any atom is 0.305 e. The molecule has 0 aliphatic rings. The van der Waals surface area contributed by atoms with Crippen LogP contribution >= 0.6 is 0 Å². The van der Waals surface area contributed by atoms with Crippen LogP contribution in [-0.4, -0.2) is 20.2 Å². The molecule has 0 atom stereocenters. The topological polar surface area (TPSA) is 35.5 Å². The lowest BCUT2D eigenvalue weighted by Gasteiger charge is -2.05. The minimum Gasteiger partial charge on any atom is -0.497 e. The van der Waals surface area contributed by atoms with Gasteiger partial charge in [-0.05, 0) is 30.2 Å². The van der Waals surface area contributed by atoms with Crippen molar-refractivity contribution in [1.82, 2.24) is 0 Å². The van der Waals surface area contributed by atoms with Crippen molar-refractivity contribution in [3.63, 3.8) is 0 Å². The van der Waals surface area contributed by atoms with Gasteiger partial charge in [0.25, 0.3) is 0 Å². The predicted octanol–water partition coefficient (Wildman–Crippen LogP) is 1.94. The standard InChI is InChI=1S/C11H13FO3/c1-14-9-4-5-10(12)8(7-9)3-6-11(13)15-2/h4-5,7H,3,6H2,1-2H3. The van der Waals surface area contributed by atoms with Crippen LogP contribution in [0.4, 0.5) is 4.39 Å². The first kappa shape index (κ1) is 11.5. The van der Waals surface area contributed by atoms with Gasteiger partial charge in [0.05, 0.1) is 14.2 Å². The van der Waals surface area contributed by atoms with Gasteiger partial charge in [0.15, 0.2) is 0 Å². The molecule has 1 rings (SSSR count). The first-order valence-corrected chi connectivity index (χ1v) is 4.56. The zero-order valence-electron chi connectivity index (χ0n) is 8.75. The molecule has 1 aromatic rings. The molecule has 0 heterocycles. The molecule has 0 N–H and O–H groups in total. The Morgan fingerprint density at radius 3 is 2.73 bits per heavy atom. The second-order valence-electron chi connectivity index (χ2n) is 3.03. The fourth-order valence-electron chi connectivity index (χ4n) is 1.21. The van der Waals surface area contributed by atoms with Gasteiger partial charge in [-0.25, -0.2) is 4.39 Å². The number of carbonyl (C=O) groups is 1. The summed E-state index contributed by atoms with van der Waals surface area (Å²) in [6.45, 7) is 0. The number of aryl methyl sites for hydroxylation is 1. The summed E-state index contributed by atoms with van der Waals surface area (Å²) in [6, 6.07) is 4.45. The molecule has 4 heteroatoms. The number of halogens is 1. The zero-order valence-corrected chi connectivity index (χ0v) is 8.75. The molecule has 1 aromatic carbocycles. The van der Waals surface area contributed by atoms with E-state index < -0.39 is 0 Å². The van der Waals surface area contributed by atoms with Crippen molar-refractivity contribution in [3.8, 4) is 5.75 Å². The first-order valence-electron chi connectivity index (χ1n) is 4.56. The van der Waals surface area contributed by atoms with E-state index in [4.69, 9.17) is 4.74 Å². The molecular weight excluding hydrogens is 199 g/mol. The van der Waals surface area contributed by atoms with E-state index in [0.717, 1.165) is 0 Å². The highest BCUT2D eigenvalue weighted by Crippen LogP contribution is 2.17. The molecule has 0 saturated carbocycles. The monoisotopic (exact) mass is 212 g/mol. The Labute approximate surface area is 87.8 Å². The Hall–Kier alpha value is -1.58. The van der Waals surface area contributed by atoms with E-state index in [-0.39, 0.29) is 18.2 Å². The summed E-state index contributed by atoms with van der Waals surface area (Å²) in [5.74, 6) is -0.104. The van der Waals surface area contributed by atoms with Crippen molar-refractivity contribution in [2.24, 2.45) is 0 Å². The summed E-state index contributed by atoms with van der Waals surface area (Å²) in [6.07, 6.45) is 0.482. The summed E-state index contributed by atoms with van der Waals surface area (Å²) in [5, 5.41) is 0. The van der Waals surface area contributed by atoms with Crippen LogP contribution in [0.25, 0.3) is 0 Å². The van der Waals surface area contributed by atoms with Gasteiger partial charge in [-0.15, -0.1) is 0 Å². The van der Waals surface area contributed by atoms with E-state index in [0.29, 0.717) is 17.7 Å². The van der Waals surface area contributed by atoms with Gasteiger partial charge in [-0.1, -0.05) is 0 Å². The van der Waals surface area contributed by atoms with Gasteiger partial charge < -0.3 is 9.47 Å². The summed E-state index contributed by atoms with van der Waals surface area (Å²) in [4.78, 5) is 10.9. The maximum atomic E-state index is 13.3. The molecule has 0 aliphatic carbocycles. The number of esters is 1. The maximum absolute atomic E-state index is 13.3. The van der Waals surface area contributed by atoms with Gasteiger partial charge >= 0.3 is 5.97 Å². The van der Waals surface area contributed by atoms with Crippen LogP contribution in [0.3, 0.4) is 0 Å². The minimum absolute atomic E-state index is 0.167. The summed E-state index contributed by atoms with van der Waals surface area (Å²) in [7, 11) is 2.82. The molecule has 82 valence electrons. The molecule has 0 spiro atoms. The van der Waals surface area contributed by atoms with Crippen molar-refractivity contribution < 1.29 is 18.7 Å². The normalized spacial score (nSPS) is 9.80. The number of benzene rings is 1. The highest BCUT2D eigenvalue weighted by Gasteiger charge is 2.07. The van der Waals surface area contributed by atoms with Crippen LogP contribution in [0.2, 0.25) is 0 Å². The third-order valence-electron chi connectivity index (χ3n) is 2.08. The average Bonchev–Trinajstić information content (AvgIpc) is 2.27. The van der Waals surface area contributed by atoms with Crippen LogP contribution in [0.15, 0.2) is 18.2 Å². The van der Waals surface area contributed by atoms with Crippen LogP contribution in [0.1, 0.15) is 12.0 Å². The van der Waals surface area contributed by atoms with Gasteiger partial charge in [0.2, 0.25) is 0 Å². The van der Waals surface area contributed by atoms with Crippen LogP contribution in [-0.2, 0) is 16.0 Å². The lowest BCUT2D eigenvalue weighted by atomic mass is 10.1. The lowest BCUT2D eigenvalue weighted by Crippen LogP contribution is -2.03. The summed E-state index contributed by atoms with van der Waals surface area (Å²) in [5.41, 5.74) is 0.458. The molecule has 0 saturated heterocycles. The molecule has 0 fully saturated rings. The molecule has 0 unspecified atom stereocenters. The highest BCUT2D eigenvalue weighted by molar-refractivity contribution is 5.69. The Bertz CT molecular complexity index is 350. The first-order chi connectivity index (χ1) is 7.17. The Morgan fingerprint density at radius 2 is 2.13 bits per heavy atom. The Kier molecular flexibility index (Phi) is 4.09. The van der Waals surface area contributed by atoms with Crippen LogP contribution < -0.4 is 4.74 Å². The van der Waals surface area contributed by atoms with Crippen molar-refractivity contribution >= 4 is 5.97 Å². The average molecular weight is 212 g/mol. The second kappa shape index (κ2) is 5.34. The molecule has 0 bridgehead atoms. The molecule has 3 nitrogen and oxygen atoms in total. The molecular formula is C11H13FO3. The number of methoxy groups -OCH3 is 2. The lowest BCUT2D eigenvalue weighted by molar-refractivity contribution is -0.140. The van der Waals surface area contributed by atoms with Gasteiger partial charge in [-0.2, -0.15) is 0 Å². The highest BCUT2D eigenvalue weighted by atomic mass is 19.1. The van der Waals surface area contributed by atoms with E-state index >= 15 is 0 Å². The largest absolute Gasteiger partial charge is 0.497 e. The quantitative estimate of drug-likeness (QED) is 0.715. The van der Waals surface area contributed by atoms with E-state index in [2.05, 4.69) is 4.74 Å². The Balaban J connectivity index is 2.70. The van der Waals surface area contributed by atoms with Gasteiger partial charge in [0.1, 0.15) is 11.6 Å². The Morgan fingerprint density at radius 1 is 1.40 bits per heavy atom. The number of rotatable bonds is 4. The fraction of sp³-hybridized carbons (Fsp3) is 0.364. The summed E-state index contributed by atoms with van der Waals surface area (Å²) < 4.78 is 22.7. The molecule has 0 radical (unpaired) electrons. The van der Waals surface area contributed by atoms with E-state index in [1.165, 1.54) is 26.4 Å². The summed E-state index contributed by atoms with van der Waals surface area (Å²) >= 11 is 0. The number of carbonyl (C=O) groups excluding carboxylic acids is 1. The van der Waals surface area contributed by atoms with Crippen LogP contribution in [0.5, 0.6) is 5.75 Å². The van der Waals surface area contributed by atoms with Gasteiger partial charge in [0, 0.05) is 6.42 Å². The molecule has 0 aromatic heterocycles. The van der Waals surface area contributed by atoms with E-state index in [9.17, 15) is 9.18 Å². The van der Waals surface area contributed by atoms with E-state index in [1.54, 1.807) is 6.07 Å². The molecule has 0 aliphatic heterocycles. The number of hydrogen-bond acceptors (Lipinski definition) is 3. The molecule has 0 amide bonds. The van der Waals surface area contributed by atoms with Crippen molar-refractivity contribution in [1.29, 1.82) is 0 Å². The van der Waals surface area contributed by atoms with Crippen molar-refractivity contribution in [2.75, 3.05) is 14.2 Å². The number of hydrogen-bond donors (Lipinski definition) is 0. The zero-order chi connectivity index (χ0) is 11.3.